The molecule has 27 heavy (non-hydrogen) atoms. The van der Waals surface area contributed by atoms with Gasteiger partial charge in [-0.25, -0.2) is 9.18 Å². The number of nitrogens with two attached hydrogens (primary N) is 1. The van der Waals surface area contributed by atoms with Crippen molar-refractivity contribution < 1.29 is 28.3 Å². The molecular weight excluding hydrogens is 377 g/mol. The number of esters is 1. The fourth-order valence-corrected chi connectivity index (χ4v) is 2.57. The third-order valence-corrected chi connectivity index (χ3v) is 4.40. The summed E-state index contributed by atoms with van der Waals surface area (Å²) in [6.45, 7) is 4.82. The number of hydrogen-bond acceptors (Lipinski definition) is 6. The smallest absolute Gasteiger partial charge is 0.319 e. The third-order valence-electron chi connectivity index (χ3n) is 3.28. The summed E-state index contributed by atoms with van der Waals surface area (Å²) in [6, 6.07) is 4.22. The van der Waals surface area contributed by atoms with Crippen LogP contribution in [0.3, 0.4) is 0 Å². The lowest BCUT2D eigenvalue weighted by Gasteiger charge is -2.21. The molecule has 8 nitrogen and oxygen atoms in total. The van der Waals surface area contributed by atoms with E-state index in [4.69, 9.17) is 10.5 Å². The molecule has 4 N–H and O–H groups in total. The predicted octanol–water partition coefficient (Wildman–Crippen LogP) is 1.65. The monoisotopic (exact) mass is 399 g/mol. The molecule has 10 heteroatoms. The summed E-state index contributed by atoms with van der Waals surface area (Å²) in [6.07, 6.45) is -1.18. The number of primary amides is 1. The first-order chi connectivity index (χ1) is 12.6. The molecule has 0 aliphatic rings. The lowest BCUT2D eigenvalue weighted by atomic mass is 10.1. The minimum atomic E-state index is -1.18. The largest absolute Gasteiger partial charge is 0.451 e. The number of urea groups is 1. The van der Waals surface area contributed by atoms with Crippen LogP contribution >= 0.6 is 11.8 Å². The number of rotatable bonds is 8. The van der Waals surface area contributed by atoms with Crippen LogP contribution in [0.4, 0.5) is 14.9 Å². The highest BCUT2D eigenvalue weighted by atomic mass is 32.2. The fraction of sp³-hybridized carbons (Fsp3) is 0.412. The number of carbonyl (C=O) groups is 4. The van der Waals surface area contributed by atoms with Crippen LogP contribution in [-0.2, 0) is 19.1 Å². The van der Waals surface area contributed by atoms with Crippen LogP contribution in [0.2, 0.25) is 0 Å². The van der Waals surface area contributed by atoms with E-state index in [1.807, 2.05) is 5.32 Å². The van der Waals surface area contributed by atoms with Crippen LogP contribution in [0.15, 0.2) is 24.3 Å². The Bertz CT molecular complexity index is 696. The summed E-state index contributed by atoms with van der Waals surface area (Å²) in [7, 11) is 0. The first-order valence-corrected chi connectivity index (χ1v) is 9.12. The fourth-order valence-electron chi connectivity index (χ4n) is 1.90. The van der Waals surface area contributed by atoms with E-state index in [2.05, 4.69) is 5.32 Å². The van der Waals surface area contributed by atoms with Crippen molar-refractivity contribution in [3.05, 3.63) is 30.1 Å². The van der Waals surface area contributed by atoms with Gasteiger partial charge in [0, 0.05) is 5.69 Å². The Morgan fingerprint density at radius 3 is 2.26 bits per heavy atom. The molecule has 0 aliphatic heterocycles. The molecule has 0 aliphatic carbocycles. The molecule has 148 valence electrons. The average Bonchev–Trinajstić information content (AvgIpc) is 2.58. The number of anilines is 1. The molecule has 2 atom stereocenters. The van der Waals surface area contributed by atoms with Crippen molar-refractivity contribution in [2.24, 2.45) is 11.7 Å². The van der Waals surface area contributed by atoms with Gasteiger partial charge in [0.2, 0.25) is 5.91 Å². The molecule has 0 radical (unpaired) electrons. The molecule has 1 aromatic rings. The van der Waals surface area contributed by atoms with Crippen molar-refractivity contribution in [2.75, 3.05) is 11.1 Å². The van der Waals surface area contributed by atoms with Gasteiger partial charge in [-0.3, -0.25) is 19.7 Å². The van der Waals surface area contributed by atoms with Crippen LogP contribution in [0.25, 0.3) is 0 Å². The van der Waals surface area contributed by atoms with Crippen LogP contribution in [0, 0.1) is 11.7 Å². The molecule has 0 bridgehead atoms. The molecule has 0 fully saturated rings. The summed E-state index contributed by atoms with van der Waals surface area (Å²) in [5.74, 6) is -2.73. The molecule has 0 unspecified atom stereocenters. The van der Waals surface area contributed by atoms with Gasteiger partial charge in [-0.15, -0.1) is 11.8 Å². The predicted molar refractivity (Wildman–Crippen MR) is 99.4 cm³/mol. The van der Waals surface area contributed by atoms with Crippen LogP contribution < -0.4 is 16.4 Å². The molecule has 0 aromatic heterocycles. The standard InChI is InChI=1S/C17H22FN3O5S/c1-9(2)14(15(23)21-17(19)25)26-16(24)10(3)27-8-13(22)20-12-6-4-11(18)5-7-12/h4-7,9-10,14H,8H2,1-3H3,(H,20,22)(H3,19,21,23,25)/t10-,14+/m1/s1. The topological polar surface area (TPSA) is 128 Å². The third kappa shape index (κ3) is 8.07. The Kier molecular flexibility index (Phi) is 8.73. The number of amides is 4. The number of carbonyl (C=O) groups excluding carboxylic acids is 4. The number of nitrogens with one attached hydrogen (secondary N) is 2. The highest BCUT2D eigenvalue weighted by Gasteiger charge is 2.29. The van der Waals surface area contributed by atoms with Gasteiger partial charge in [0.25, 0.3) is 5.91 Å². The molecule has 1 aromatic carbocycles. The minimum absolute atomic E-state index is 0.0481. The van der Waals surface area contributed by atoms with Crippen LogP contribution in [-0.4, -0.2) is 40.9 Å². The van der Waals surface area contributed by atoms with Gasteiger partial charge >= 0.3 is 12.0 Å². The highest BCUT2D eigenvalue weighted by molar-refractivity contribution is 8.01. The molecule has 0 saturated carbocycles. The Hall–Kier alpha value is -2.62. The Labute approximate surface area is 160 Å². The van der Waals surface area contributed by atoms with E-state index in [1.54, 1.807) is 13.8 Å². The maximum Gasteiger partial charge on any atom is 0.319 e. The number of thioether (sulfide) groups is 1. The van der Waals surface area contributed by atoms with Gasteiger partial charge in [0.15, 0.2) is 6.10 Å². The molecule has 0 heterocycles. The van der Waals surface area contributed by atoms with E-state index in [-0.39, 0.29) is 17.6 Å². The first kappa shape index (κ1) is 22.4. The minimum Gasteiger partial charge on any atom is -0.451 e. The van der Waals surface area contributed by atoms with Crippen molar-refractivity contribution in [1.82, 2.24) is 5.32 Å². The van der Waals surface area contributed by atoms with Gasteiger partial charge in [-0.2, -0.15) is 0 Å². The molecule has 1 rings (SSSR count). The Balaban J connectivity index is 2.52. The van der Waals surface area contributed by atoms with Gasteiger partial charge in [-0.1, -0.05) is 13.8 Å². The van der Waals surface area contributed by atoms with Gasteiger partial charge in [-0.05, 0) is 37.1 Å². The Morgan fingerprint density at radius 2 is 1.74 bits per heavy atom. The number of benzene rings is 1. The van der Waals surface area contributed by atoms with Gasteiger partial charge < -0.3 is 15.8 Å². The molecule has 4 amide bonds. The zero-order valence-electron chi connectivity index (χ0n) is 15.2. The maximum absolute atomic E-state index is 12.8. The van der Waals surface area contributed by atoms with Crippen molar-refractivity contribution in [1.29, 1.82) is 0 Å². The van der Waals surface area contributed by atoms with Crippen molar-refractivity contribution in [3.63, 3.8) is 0 Å². The normalized spacial score (nSPS) is 12.8. The van der Waals surface area contributed by atoms with Crippen molar-refractivity contribution >= 4 is 41.3 Å². The summed E-state index contributed by atoms with van der Waals surface area (Å²) in [4.78, 5) is 46.7. The number of imide groups is 1. The quantitative estimate of drug-likeness (QED) is 0.570. The molecule has 0 spiro atoms. The number of hydrogen-bond donors (Lipinski definition) is 3. The van der Waals surface area contributed by atoms with Crippen LogP contribution in [0.5, 0.6) is 0 Å². The first-order valence-electron chi connectivity index (χ1n) is 8.08. The van der Waals surface area contributed by atoms with E-state index < -0.39 is 35.1 Å². The second-order valence-corrected chi connectivity index (χ2v) is 7.29. The zero-order valence-corrected chi connectivity index (χ0v) is 16.0. The second-order valence-electron chi connectivity index (χ2n) is 5.96. The second kappa shape index (κ2) is 10.5. The van der Waals surface area contributed by atoms with E-state index in [9.17, 15) is 23.6 Å². The van der Waals surface area contributed by atoms with Crippen LogP contribution in [0.1, 0.15) is 20.8 Å². The highest BCUT2D eigenvalue weighted by Crippen LogP contribution is 2.17. The number of ether oxygens (including phenoxy) is 1. The average molecular weight is 399 g/mol. The van der Waals surface area contributed by atoms with Crippen molar-refractivity contribution in [3.8, 4) is 0 Å². The Morgan fingerprint density at radius 1 is 1.15 bits per heavy atom. The number of halogens is 1. The molecule has 0 saturated heterocycles. The molecular formula is C17H22FN3O5S. The van der Waals surface area contributed by atoms with E-state index in [1.165, 1.54) is 31.2 Å². The van der Waals surface area contributed by atoms with Crippen molar-refractivity contribution in [2.45, 2.75) is 32.1 Å². The SMILES string of the molecule is CC(C)[C@H](OC(=O)[C@@H](C)SCC(=O)Nc1ccc(F)cc1)C(=O)NC(N)=O. The van der Waals surface area contributed by atoms with Gasteiger partial charge in [0.05, 0.1) is 5.75 Å². The van der Waals surface area contributed by atoms with E-state index >= 15 is 0 Å². The lowest BCUT2D eigenvalue weighted by molar-refractivity contribution is -0.157. The summed E-state index contributed by atoms with van der Waals surface area (Å²) < 4.78 is 18.0. The van der Waals surface area contributed by atoms with E-state index in [0.717, 1.165) is 11.8 Å². The van der Waals surface area contributed by atoms with E-state index in [0.29, 0.717) is 5.69 Å². The summed E-state index contributed by atoms with van der Waals surface area (Å²) in [5, 5.41) is 3.71. The van der Waals surface area contributed by atoms with Gasteiger partial charge in [0.1, 0.15) is 11.1 Å². The summed E-state index contributed by atoms with van der Waals surface area (Å²) >= 11 is 1.01. The lowest BCUT2D eigenvalue weighted by Crippen LogP contribution is -2.46. The summed E-state index contributed by atoms with van der Waals surface area (Å²) in [5.41, 5.74) is 5.32. The maximum atomic E-state index is 12.8. The zero-order chi connectivity index (χ0) is 20.6.